The number of anilines is 1. The van der Waals surface area contributed by atoms with E-state index in [0.717, 1.165) is 5.56 Å². The number of nitrogens with one attached hydrogen (secondary N) is 2. The molecule has 1 heterocycles. The van der Waals surface area contributed by atoms with Gasteiger partial charge in [-0.05, 0) is 45.8 Å². The number of hydrogen-bond donors (Lipinski definition) is 2. The van der Waals surface area contributed by atoms with E-state index in [1.165, 1.54) is 0 Å². The summed E-state index contributed by atoms with van der Waals surface area (Å²) in [7, 11) is 0. The lowest BCUT2D eigenvalue weighted by molar-refractivity contribution is 0.251. The van der Waals surface area contributed by atoms with Crippen molar-refractivity contribution in [3.05, 3.63) is 56.7 Å². The third-order valence-electron chi connectivity index (χ3n) is 2.44. The molecule has 20 heavy (non-hydrogen) atoms. The van der Waals surface area contributed by atoms with Crippen LogP contribution in [0.2, 0.25) is 10.0 Å². The van der Waals surface area contributed by atoms with Gasteiger partial charge in [0.05, 0.1) is 11.9 Å². The van der Waals surface area contributed by atoms with Gasteiger partial charge in [0.15, 0.2) is 0 Å². The van der Waals surface area contributed by atoms with Crippen LogP contribution in [0.5, 0.6) is 0 Å². The van der Waals surface area contributed by atoms with Crippen molar-refractivity contribution >= 4 is 50.9 Å². The summed E-state index contributed by atoms with van der Waals surface area (Å²) in [5.74, 6) is 0. The number of carbonyl (C=O) groups is 1. The van der Waals surface area contributed by atoms with E-state index in [0.29, 0.717) is 26.9 Å². The minimum atomic E-state index is -0.333. The molecule has 0 aliphatic rings. The fraction of sp³-hybridized carbons (Fsp3) is 0.0769. The fourth-order valence-electron chi connectivity index (χ4n) is 1.47. The van der Waals surface area contributed by atoms with E-state index in [9.17, 15) is 4.79 Å². The molecule has 7 heteroatoms. The first-order chi connectivity index (χ1) is 9.54. The van der Waals surface area contributed by atoms with Gasteiger partial charge in [-0.2, -0.15) is 0 Å². The Hall–Kier alpha value is -1.30. The lowest BCUT2D eigenvalue weighted by Crippen LogP contribution is -2.28. The Labute approximate surface area is 134 Å². The largest absolute Gasteiger partial charge is 0.334 e. The molecule has 0 radical (unpaired) electrons. The lowest BCUT2D eigenvalue weighted by Gasteiger charge is -2.09. The van der Waals surface area contributed by atoms with Crippen molar-refractivity contribution in [3.8, 4) is 0 Å². The molecule has 0 atom stereocenters. The summed E-state index contributed by atoms with van der Waals surface area (Å²) in [6.45, 7) is 0.311. The first kappa shape index (κ1) is 15.1. The number of pyridine rings is 1. The molecule has 2 amide bonds. The van der Waals surface area contributed by atoms with E-state index < -0.39 is 0 Å². The molecule has 2 rings (SSSR count). The SMILES string of the molecule is O=C(NCc1ccc(Cl)cc1Cl)Nc1ccc(Br)nc1. The minimum absolute atomic E-state index is 0.311. The molecule has 0 unspecified atom stereocenters. The molecular formula is C13H10BrCl2N3O. The lowest BCUT2D eigenvalue weighted by atomic mass is 10.2. The van der Waals surface area contributed by atoms with Gasteiger partial charge >= 0.3 is 6.03 Å². The third kappa shape index (κ3) is 4.37. The van der Waals surface area contributed by atoms with Crippen LogP contribution in [-0.2, 0) is 6.54 Å². The maximum atomic E-state index is 11.7. The second-order valence-electron chi connectivity index (χ2n) is 3.91. The van der Waals surface area contributed by atoms with Crippen LogP contribution in [0.4, 0.5) is 10.5 Å². The Balaban J connectivity index is 1.90. The van der Waals surface area contributed by atoms with Gasteiger partial charge in [-0.15, -0.1) is 0 Å². The zero-order valence-electron chi connectivity index (χ0n) is 10.2. The zero-order chi connectivity index (χ0) is 14.5. The molecule has 104 valence electrons. The maximum absolute atomic E-state index is 11.7. The van der Waals surface area contributed by atoms with Gasteiger partial charge in [0, 0.05) is 16.6 Å². The van der Waals surface area contributed by atoms with Crippen LogP contribution in [0.3, 0.4) is 0 Å². The van der Waals surface area contributed by atoms with E-state index in [-0.39, 0.29) is 6.03 Å². The standard InChI is InChI=1S/C13H10BrCl2N3O/c14-12-4-3-10(7-17-12)19-13(20)18-6-8-1-2-9(15)5-11(8)16/h1-5,7H,6H2,(H2,18,19,20). The predicted octanol–water partition coefficient (Wildman–Crippen LogP) is 4.47. The van der Waals surface area contributed by atoms with Gasteiger partial charge in [0.1, 0.15) is 4.60 Å². The molecule has 0 saturated heterocycles. The van der Waals surface area contributed by atoms with E-state index >= 15 is 0 Å². The summed E-state index contributed by atoms with van der Waals surface area (Å²) >= 11 is 15.0. The summed E-state index contributed by atoms with van der Waals surface area (Å²) in [6, 6.07) is 8.28. The Bertz CT molecular complexity index is 620. The zero-order valence-corrected chi connectivity index (χ0v) is 13.3. The molecule has 0 saturated carbocycles. The number of rotatable bonds is 3. The predicted molar refractivity (Wildman–Crippen MR) is 84.3 cm³/mol. The van der Waals surface area contributed by atoms with Gasteiger partial charge in [0.25, 0.3) is 0 Å². The molecular weight excluding hydrogens is 365 g/mol. The van der Waals surface area contributed by atoms with Crippen molar-refractivity contribution in [2.75, 3.05) is 5.32 Å². The second-order valence-corrected chi connectivity index (χ2v) is 5.57. The van der Waals surface area contributed by atoms with Crippen molar-refractivity contribution in [2.45, 2.75) is 6.54 Å². The van der Waals surface area contributed by atoms with Crippen LogP contribution < -0.4 is 10.6 Å². The van der Waals surface area contributed by atoms with Crippen molar-refractivity contribution in [3.63, 3.8) is 0 Å². The molecule has 0 spiro atoms. The monoisotopic (exact) mass is 373 g/mol. The van der Waals surface area contributed by atoms with Crippen LogP contribution in [0, 0.1) is 0 Å². The van der Waals surface area contributed by atoms with Crippen LogP contribution >= 0.6 is 39.1 Å². The quantitative estimate of drug-likeness (QED) is 0.778. The smallest absolute Gasteiger partial charge is 0.319 e. The van der Waals surface area contributed by atoms with E-state index in [4.69, 9.17) is 23.2 Å². The Morgan fingerprint density at radius 1 is 1.25 bits per heavy atom. The van der Waals surface area contributed by atoms with Crippen LogP contribution in [0.1, 0.15) is 5.56 Å². The molecule has 4 nitrogen and oxygen atoms in total. The van der Waals surface area contributed by atoms with Gasteiger partial charge in [-0.3, -0.25) is 0 Å². The molecule has 0 bridgehead atoms. The Morgan fingerprint density at radius 3 is 2.70 bits per heavy atom. The van der Waals surface area contributed by atoms with Crippen molar-refractivity contribution < 1.29 is 4.79 Å². The third-order valence-corrected chi connectivity index (χ3v) is 3.50. The molecule has 2 aromatic rings. The maximum Gasteiger partial charge on any atom is 0.319 e. The number of amides is 2. The summed E-state index contributed by atoms with van der Waals surface area (Å²) < 4.78 is 0.705. The van der Waals surface area contributed by atoms with Gasteiger partial charge < -0.3 is 10.6 Å². The number of halogens is 3. The number of hydrogen-bond acceptors (Lipinski definition) is 2. The molecule has 0 fully saturated rings. The van der Waals surface area contributed by atoms with E-state index in [1.807, 2.05) is 0 Å². The molecule has 2 N–H and O–H groups in total. The Morgan fingerprint density at radius 2 is 2.05 bits per heavy atom. The highest BCUT2D eigenvalue weighted by Crippen LogP contribution is 2.20. The number of benzene rings is 1. The number of nitrogens with zero attached hydrogens (tertiary/aromatic N) is 1. The molecule has 1 aromatic carbocycles. The molecule has 0 aliphatic carbocycles. The van der Waals surface area contributed by atoms with Gasteiger partial charge in [-0.25, -0.2) is 9.78 Å². The normalized spacial score (nSPS) is 10.2. The van der Waals surface area contributed by atoms with E-state index in [1.54, 1.807) is 36.5 Å². The van der Waals surface area contributed by atoms with Crippen molar-refractivity contribution in [2.24, 2.45) is 0 Å². The number of urea groups is 1. The molecule has 1 aromatic heterocycles. The van der Waals surface area contributed by atoms with Gasteiger partial charge in [-0.1, -0.05) is 29.3 Å². The molecule has 0 aliphatic heterocycles. The highest BCUT2D eigenvalue weighted by molar-refractivity contribution is 9.10. The topological polar surface area (TPSA) is 54.0 Å². The fourth-order valence-corrected chi connectivity index (χ4v) is 2.18. The first-order valence-corrected chi connectivity index (χ1v) is 7.20. The summed E-state index contributed by atoms with van der Waals surface area (Å²) in [4.78, 5) is 15.7. The summed E-state index contributed by atoms with van der Waals surface area (Å²) in [5, 5.41) is 6.45. The van der Waals surface area contributed by atoms with Crippen LogP contribution in [-0.4, -0.2) is 11.0 Å². The van der Waals surface area contributed by atoms with E-state index in [2.05, 4.69) is 31.5 Å². The van der Waals surface area contributed by atoms with Crippen molar-refractivity contribution in [1.29, 1.82) is 0 Å². The second kappa shape index (κ2) is 6.92. The highest BCUT2D eigenvalue weighted by Gasteiger charge is 2.05. The number of carbonyl (C=O) groups excluding carboxylic acids is 1. The van der Waals surface area contributed by atoms with Crippen LogP contribution in [0.15, 0.2) is 41.1 Å². The first-order valence-electron chi connectivity index (χ1n) is 5.65. The summed E-state index contributed by atoms with van der Waals surface area (Å²) in [6.07, 6.45) is 1.55. The highest BCUT2D eigenvalue weighted by atomic mass is 79.9. The Kier molecular flexibility index (Phi) is 5.23. The van der Waals surface area contributed by atoms with Crippen LogP contribution in [0.25, 0.3) is 0 Å². The van der Waals surface area contributed by atoms with Gasteiger partial charge in [0.2, 0.25) is 0 Å². The summed E-state index contributed by atoms with van der Waals surface area (Å²) in [5.41, 5.74) is 1.40. The van der Waals surface area contributed by atoms with Crippen molar-refractivity contribution in [1.82, 2.24) is 10.3 Å². The average molecular weight is 375 g/mol. The number of aromatic nitrogens is 1. The minimum Gasteiger partial charge on any atom is -0.334 e. The average Bonchev–Trinajstić information content (AvgIpc) is 2.40.